The number of nitrogens with one attached hydrogen (secondary N) is 3. The highest BCUT2D eigenvalue weighted by Gasteiger charge is 2.32. The summed E-state index contributed by atoms with van der Waals surface area (Å²) in [6, 6.07) is 33.2. The molecule has 0 radical (unpaired) electrons. The summed E-state index contributed by atoms with van der Waals surface area (Å²) in [4.78, 5) is 55.7. The van der Waals surface area contributed by atoms with Crippen molar-refractivity contribution in [1.29, 1.82) is 0 Å². The molecule has 3 amide bonds. The second-order valence-electron chi connectivity index (χ2n) is 12.7. The van der Waals surface area contributed by atoms with Crippen molar-refractivity contribution in [2.45, 2.75) is 55.6 Å². The standard InChI is InChI=1S/C43H40ClN3O5S2/c1-3-36(41(50)47-42-38(43(51)52-4-2)33-23-22-29(25-37(33)54-42)27-14-7-5-8-15-27)53-32-20-13-19-31(26-32)45-40(49)35(24-30-18-11-12-21-34(30)44)46-39(48)28-16-9-6-10-17-28/h5-21,24,26,29,36H,3-4,22-23,25H2,1-2H3,(H,45,49)(H,46,48)(H,47,50)/b35-24+. The van der Waals surface area contributed by atoms with Crippen molar-refractivity contribution in [3.8, 4) is 0 Å². The van der Waals surface area contributed by atoms with Crippen molar-refractivity contribution < 1.29 is 23.9 Å². The van der Waals surface area contributed by atoms with Gasteiger partial charge < -0.3 is 20.7 Å². The molecule has 0 bridgehead atoms. The average molecular weight is 778 g/mol. The van der Waals surface area contributed by atoms with E-state index in [1.54, 1.807) is 79.7 Å². The van der Waals surface area contributed by atoms with Gasteiger partial charge in [-0.2, -0.15) is 0 Å². The van der Waals surface area contributed by atoms with Gasteiger partial charge >= 0.3 is 5.97 Å². The minimum absolute atomic E-state index is 0.00644. The Balaban J connectivity index is 1.18. The number of thiophene rings is 1. The summed E-state index contributed by atoms with van der Waals surface area (Å²) >= 11 is 9.21. The van der Waals surface area contributed by atoms with Gasteiger partial charge in [0, 0.05) is 26.0 Å². The number of halogens is 1. The van der Waals surface area contributed by atoms with Gasteiger partial charge in [0.15, 0.2) is 0 Å². The van der Waals surface area contributed by atoms with Crippen molar-refractivity contribution in [2.75, 3.05) is 17.2 Å². The molecule has 276 valence electrons. The van der Waals surface area contributed by atoms with E-state index in [2.05, 4.69) is 28.1 Å². The molecule has 1 aliphatic carbocycles. The lowest BCUT2D eigenvalue weighted by molar-refractivity contribution is -0.116. The minimum atomic E-state index is -0.547. The second kappa shape index (κ2) is 18.2. The van der Waals surface area contributed by atoms with Crippen LogP contribution in [-0.4, -0.2) is 35.5 Å². The predicted molar refractivity (Wildman–Crippen MR) is 218 cm³/mol. The van der Waals surface area contributed by atoms with Crippen LogP contribution in [0.25, 0.3) is 6.08 Å². The van der Waals surface area contributed by atoms with Gasteiger partial charge in [0.25, 0.3) is 11.8 Å². The van der Waals surface area contributed by atoms with E-state index in [1.807, 2.05) is 31.2 Å². The number of thioether (sulfide) groups is 1. The highest BCUT2D eigenvalue weighted by Crippen LogP contribution is 2.43. The van der Waals surface area contributed by atoms with Crippen LogP contribution in [0.2, 0.25) is 5.02 Å². The molecule has 8 nitrogen and oxygen atoms in total. The third-order valence-electron chi connectivity index (χ3n) is 9.02. The molecule has 0 saturated carbocycles. The number of esters is 1. The number of carbonyl (C=O) groups is 4. The van der Waals surface area contributed by atoms with E-state index in [0.29, 0.717) is 44.7 Å². The number of carbonyl (C=O) groups excluding carboxylic acids is 4. The largest absolute Gasteiger partial charge is 0.462 e. The van der Waals surface area contributed by atoms with E-state index in [0.717, 1.165) is 34.6 Å². The predicted octanol–water partition coefficient (Wildman–Crippen LogP) is 9.77. The Bertz CT molecular complexity index is 2170. The van der Waals surface area contributed by atoms with Gasteiger partial charge in [-0.15, -0.1) is 23.1 Å². The van der Waals surface area contributed by atoms with E-state index >= 15 is 0 Å². The number of rotatable bonds is 13. The van der Waals surface area contributed by atoms with Gasteiger partial charge in [-0.05, 0) is 97.7 Å². The molecule has 0 saturated heterocycles. The lowest BCUT2D eigenvalue weighted by Crippen LogP contribution is -2.30. The normalized spacial score (nSPS) is 14.4. The number of amides is 3. The summed E-state index contributed by atoms with van der Waals surface area (Å²) in [7, 11) is 0. The molecule has 0 fully saturated rings. The van der Waals surface area contributed by atoms with Crippen molar-refractivity contribution in [1.82, 2.24) is 5.32 Å². The Morgan fingerprint density at radius 2 is 1.63 bits per heavy atom. The van der Waals surface area contributed by atoms with Crippen LogP contribution >= 0.6 is 34.7 Å². The number of hydrogen-bond acceptors (Lipinski definition) is 7. The van der Waals surface area contributed by atoms with Crippen LogP contribution in [0.5, 0.6) is 0 Å². The van der Waals surface area contributed by atoms with Crippen molar-refractivity contribution in [2.24, 2.45) is 0 Å². The number of ether oxygens (including phenoxy) is 1. The van der Waals surface area contributed by atoms with Crippen LogP contribution in [0.1, 0.15) is 74.9 Å². The van der Waals surface area contributed by atoms with Crippen LogP contribution in [0, 0.1) is 0 Å². The fourth-order valence-electron chi connectivity index (χ4n) is 6.32. The Morgan fingerprint density at radius 3 is 2.35 bits per heavy atom. The van der Waals surface area contributed by atoms with Gasteiger partial charge in [-0.3, -0.25) is 14.4 Å². The number of fused-ring (bicyclic) bond motifs is 1. The first-order valence-corrected chi connectivity index (χ1v) is 19.9. The summed E-state index contributed by atoms with van der Waals surface area (Å²) in [6.07, 6.45) is 4.47. The van der Waals surface area contributed by atoms with Crippen molar-refractivity contribution >= 4 is 75.2 Å². The monoisotopic (exact) mass is 777 g/mol. The maximum Gasteiger partial charge on any atom is 0.341 e. The summed E-state index contributed by atoms with van der Waals surface area (Å²) in [5, 5.41) is 9.15. The van der Waals surface area contributed by atoms with Crippen LogP contribution in [0.3, 0.4) is 0 Å². The smallest absolute Gasteiger partial charge is 0.341 e. The van der Waals surface area contributed by atoms with Crippen LogP contribution < -0.4 is 16.0 Å². The van der Waals surface area contributed by atoms with E-state index in [9.17, 15) is 19.2 Å². The summed E-state index contributed by atoms with van der Waals surface area (Å²) in [5.74, 6) is -1.30. The zero-order valence-corrected chi connectivity index (χ0v) is 32.3. The van der Waals surface area contributed by atoms with E-state index < -0.39 is 23.0 Å². The molecule has 1 heterocycles. The van der Waals surface area contributed by atoms with Gasteiger partial charge in [-0.1, -0.05) is 91.3 Å². The molecular formula is C43H40ClN3O5S2. The van der Waals surface area contributed by atoms with Crippen molar-refractivity contribution in [3.63, 3.8) is 0 Å². The van der Waals surface area contributed by atoms with Crippen LogP contribution in [0.4, 0.5) is 10.7 Å². The van der Waals surface area contributed by atoms with Gasteiger partial charge in [0.2, 0.25) is 5.91 Å². The van der Waals surface area contributed by atoms with E-state index in [4.69, 9.17) is 16.3 Å². The first kappa shape index (κ1) is 38.6. The Labute approximate surface area is 328 Å². The third-order valence-corrected chi connectivity index (χ3v) is 11.9. The summed E-state index contributed by atoms with van der Waals surface area (Å²) in [6.45, 7) is 3.94. The molecule has 2 atom stereocenters. The maximum atomic E-state index is 13.8. The second-order valence-corrected chi connectivity index (χ2v) is 15.5. The minimum Gasteiger partial charge on any atom is -0.462 e. The molecule has 0 aliphatic heterocycles. The number of benzene rings is 4. The Morgan fingerprint density at radius 1 is 0.907 bits per heavy atom. The van der Waals surface area contributed by atoms with Gasteiger partial charge in [0.1, 0.15) is 10.7 Å². The molecule has 4 aromatic carbocycles. The topological polar surface area (TPSA) is 114 Å². The molecule has 0 spiro atoms. The molecular weight excluding hydrogens is 738 g/mol. The molecule has 11 heteroatoms. The molecule has 54 heavy (non-hydrogen) atoms. The maximum absolute atomic E-state index is 13.8. The highest BCUT2D eigenvalue weighted by atomic mass is 35.5. The zero-order valence-electron chi connectivity index (χ0n) is 29.9. The van der Waals surface area contributed by atoms with E-state index in [1.165, 1.54) is 34.7 Å². The van der Waals surface area contributed by atoms with Gasteiger partial charge in [-0.25, -0.2) is 4.79 Å². The molecule has 2 unspecified atom stereocenters. The molecule has 6 rings (SSSR count). The molecule has 3 N–H and O–H groups in total. The lowest BCUT2D eigenvalue weighted by Gasteiger charge is -2.23. The first-order chi connectivity index (χ1) is 26.2. The summed E-state index contributed by atoms with van der Waals surface area (Å²) < 4.78 is 5.46. The Kier molecular flexibility index (Phi) is 13.0. The van der Waals surface area contributed by atoms with Crippen LogP contribution in [0.15, 0.2) is 120 Å². The third kappa shape index (κ3) is 9.49. The molecule has 1 aliphatic rings. The zero-order chi connectivity index (χ0) is 38.0. The van der Waals surface area contributed by atoms with Gasteiger partial charge in [0.05, 0.1) is 17.4 Å². The fraction of sp³-hybridized carbons (Fsp3) is 0.209. The van der Waals surface area contributed by atoms with Crippen LogP contribution in [-0.2, 0) is 27.2 Å². The number of anilines is 2. The number of hydrogen-bond donors (Lipinski definition) is 3. The summed E-state index contributed by atoms with van der Waals surface area (Å²) in [5.41, 5.74) is 4.13. The molecule has 1 aromatic heterocycles. The molecule has 5 aromatic rings. The quantitative estimate of drug-likeness (QED) is 0.0624. The van der Waals surface area contributed by atoms with E-state index in [-0.39, 0.29) is 18.2 Å². The fourth-order valence-corrected chi connectivity index (χ4v) is 8.84. The first-order valence-electron chi connectivity index (χ1n) is 17.8. The SMILES string of the molecule is CCOC(=O)c1c(NC(=O)C(CC)Sc2cccc(NC(=O)/C(=C\c3ccccc3Cl)NC(=O)c3ccccc3)c2)sc2c1CCC(c1ccccc1)C2. The van der Waals surface area contributed by atoms with Crippen molar-refractivity contribution in [3.05, 3.63) is 153 Å². The highest BCUT2D eigenvalue weighted by molar-refractivity contribution is 8.00. The Hall–Kier alpha value is -5.16. The average Bonchev–Trinajstić information content (AvgIpc) is 3.55. The lowest BCUT2D eigenvalue weighted by atomic mass is 9.83.